The lowest BCUT2D eigenvalue weighted by Crippen LogP contribution is -2.30. The van der Waals surface area contributed by atoms with Crippen LogP contribution in [0.3, 0.4) is 0 Å². The second kappa shape index (κ2) is 9.86. The van der Waals surface area contributed by atoms with E-state index in [-0.39, 0.29) is 5.56 Å². The molecule has 1 aliphatic rings. The molecule has 0 aliphatic carbocycles. The lowest BCUT2D eigenvalue weighted by Gasteiger charge is -2.32. The first kappa shape index (κ1) is 21.4. The molecule has 1 aromatic heterocycles. The number of alkyl halides is 2. The molecule has 150 valence electrons. The fraction of sp³-hybridized carbons (Fsp3) is 0.591. The van der Waals surface area contributed by atoms with Gasteiger partial charge in [0, 0.05) is 43.7 Å². The number of hydrogen-bond acceptors (Lipinski definition) is 2. The van der Waals surface area contributed by atoms with Gasteiger partial charge in [0.05, 0.1) is 6.20 Å². The number of anilines is 1. The van der Waals surface area contributed by atoms with Crippen LogP contribution >= 0.6 is 0 Å². The summed E-state index contributed by atoms with van der Waals surface area (Å²) >= 11 is 0. The lowest BCUT2D eigenvalue weighted by atomic mass is 9.89. The van der Waals surface area contributed by atoms with Crippen LogP contribution in [0.5, 0.6) is 0 Å². The number of nitrogens with zero attached hydrogens (tertiary/aromatic N) is 3. The van der Waals surface area contributed by atoms with Gasteiger partial charge in [-0.15, -0.1) is 0 Å². The van der Waals surface area contributed by atoms with E-state index < -0.39 is 6.43 Å². The molecule has 2 heterocycles. The molecule has 0 bridgehead atoms. The van der Waals surface area contributed by atoms with Crippen LogP contribution in [0.4, 0.5) is 14.5 Å². The molecule has 0 radical (unpaired) electrons. The Labute approximate surface area is 162 Å². The minimum absolute atomic E-state index is 0.0863. The van der Waals surface area contributed by atoms with Gasteiger partial charge in [-0.05, 0) is 35.6 Å². The highest BCUT2D eigenvalue weighted by molar-refractivity contribution is 5.73. The van der Waals surface area contributed by atoms with Gasteiger partial charge in [0.2, 0.25) is 0 Å². The summed E-state index contributed by atoms with van der Waals surface area (Å²) in [5, 5.41) is 4.10. The van der Waals surface area contributed by atoms with Crippen LogP contribution in [0.15, 0.2) is 24.5 Å². The lowest BCUT2D eigenvalue weighted by molar-refractivity contribution is 0.152. The number of halogens is 2. The summed E-state index contributed by atoms with van der Waals surface area (Å²) in [4.78, 5) is 2.07. The van der Waals surface area contributed by atoms with E-state index >= 15 is 0 Å². The minimum Gasteiger partial charge on any atom is -0.374 e. The zero-order valence-corrected chi connectivity index (χ0v) is 17.3. The highest BCUT2D eigenvalue weighted by Crippen LogP contribution is 2.39. The third-order valence-corrected chi connectivity index (χ3v) is 5.02. The van der Waals surface area contributed by atoms with Gasteiger partial charge < -0.3 is 4.90 Å². The Morgan fingerprint density at radius 2 is 1.81 bits per heavy atom. The van der Waals surface area contributed by atoms with E-state index in [4.69, 9.17) is 0 Å². The van der Waals surface area contributed by atoms with Crippen LogP contribution in [-0.4, -0.2) is 23.4 Å². The summed E-state index contributed by atoms with van der Waals surface area (Å²) in [7, 11) is 3.76. The van der Waals surface area contributed by atoms with Crippen molar-refractivity contribution in [2.24, 2.45) is 13.0 Å². The third-order valence-electron chi connectivity index (χ3n) is 5.02. The molecule has 0 amide bonds. The van der Waals surface area contributed by atoms with E-state index in [0.29, 0.717) is 11.5 Å². The predicted octanol–water partition coefficient (Wildman–Crippen LogP) is 6.24. The van der Waals surface area contributed by atoms with Crippen LogP contribution in [0.1, 0.15) is 64.0 Å². The molecule has 0 saturated carbocycles. The number of hydrogen-bond donors (Lipinski definition) is 0. The number of benzene rings is 1. The number of rotatable bonds is 5. The smallest absolute Gasteiger partial charge is 0.264 e. The van der Waals surface area contributed by atoms with Gasteiger partial charge in [0.15, 0.2) is 0 Å². The molecule has 1 aliphatic heterocycles. The van der Waals surface area contributed by atoms with Crippen molar-refractivity contribution in [3.8, 4) is 11.1 Å². The summed E-state index contributed by atoms with van der Waals surface area (Å²) in [6.45, 7) is 7.55. The maximum atomic E-state index is 13.4. The Balaban J connectivity index is 0.000000380. The maximum Gasteiger partial charge on any atom is 0.264 e. The first-order valence-corrected chi connectivity index (χ1v) is 10.0. The van der Waals surface area contributed by atoms with E-state index in [9.17, 15) is 8.78 Å². The average molecular weight is 378 g/mol. The van der Waals surface area contributed by atoms with E-state index in [1.165, 1.54) is 25.7 Å². The van der Waals surface area contributed by atoms with Crippen molar-refractivity contribution in [2.75, 3.05) is 18.5 Å². The van der Waals surface area contributed by atoms with Gasteiger partial charge in [-0.25, -0.2) is 8.78 Å². The fourth-order valence-corrected chi connectivity index (χ4v) is 3.66. The van der Waals surface area contributed by atoms with Crippen LogP contribution in [0.25, 0.3) is 11.1 Å². The normalized spacial score (nSPS) is 16.1. The summed E-state index contributed by atoms with van der Waals surface area (Å²) in [5.74, 6) is 0.529. The molecule has 5 heteroatoms. The molecule has 0 saturated heterocycles. The van der Waals surface area contributed by atoms with E-state index in [2.05, 4.69) is 30.8 Å². The molecule has 2 aromatic rings. The summed E-state index contributed by atoms with van der Waals surface area (Å²) < 4.78 is 28.5. The number of aryl methyl sites for hydroxylation is 1. The highest BCUT2D eigenvalue weighted by atomic mass is 19.3. The van der Waals surface area contributed by atoms with E-state index in [0.717, 1.165) is 29.8 Å². The van der Waals surface area contributed by atoms with Crippen molar-refractivity contribution in [3.05, 3.63) is 35.7 Å². The van der Waals surface area contributed by atoms with Crippen LogP contribution in [0, 0.1) is 5.92 Å². The zero-order valence-electron chi connectivity index (χ0n) is 17.3. The highest BCUT2D eigenvalue weighted by Gasteiger charge is 2.24. The van der Waals surface area contributed by atoms with Gasteiger partial charge >= 0.3 is 0 Å². The summed E-state index contributed by atoms with van der Waals surface area (Å²) in [6.07, 6.45) is 7.40. The van der Waals surface area contributed by atoms with Gasteiger partial charge in [-0.2, -0.15) is 5.10 Å². The molecule has 3 nitrogen and oxygen atoms in total. The summed E-state index contributed by atoms with van der Waals surface area (Å²) in [5.41, 5.74) is 3.49. The molecule has 1 aromatic carbocycles. The molecule has 1 atom stereocenters. The van der Waals surface area contributed by atoms with Crippen molar-refractivity contribution in [1.82, 2.24) is 9.78 Å². The Hall–Kier alpha value is -1.91. The first-order valence-electron chi connectivity index (χ1n) is 10.0. The quantitative estimate of drug-likeness (QED) is 0.575. The van der Waals surface area contributed by atoms with Crippen molar-refractivity contribution < 1.29 is 8.78 Å². The summed E-state index contributed by atoms with van der Waals surface area (Å²) in [6, 6.07) is 3.56. The number of aromatic nitrogens is 2. The Kier molecular flexibility index (Phi) is 7.81. The second-order valence-electron chi connectivity index (χ2n) is 7.67. The zero-order chi connectivity index (χ0) is 20.0. The minimum atomic E-state index is -2.49. The Morgan fingerprint density at radius 1 is 1.15 bits per heavy atom. The van der Waals surface area contributed by atoms with E-state index in [1.54, 1.807) is 30.2 Å². The maximum absolute atomic E-state index is 13.4. The van der Waals surface area contributed by atoms with Gasteiger partial charge in [-0.1, -0.05) is 46.5 Å². The predicted molar refractivity (Wildman–Crippen MR) is 110 cm³/mol. The number of fused-ring (bicyclic) bond motifs is 1. The van der Waals surface area contributed by atoms with Crippen LogP contribution in [-0.2, 0) is 13.5 Å². The van der Waals surface area contributed by atoms with Crippen LogP contribution in [0.2, 0.25) is 0 Å². The molecule has 3 rings (SSSR count). The topological polar surface area (TPSA) is 21.1 Å². The molecular formula is C22H33F2N3. The molecule has 27 heavy (non-hydrogen) atoms. The SMILES string of the molecule is CCCCCC.C[C@@H]1Cc2cc(-c3cnn(C)c3)c(C(F)F)cc2N(C)C1. The van der Waals surface area contributed by atoms with Gasteiger partial charge in [0.1, 0.15) is 0 Å². The van der Waals surface area contributed by atoms with Crippen molar-refractivity contribution in [1.29, 1.82) is 0 Å². The van der Waals surface area contributed by atoms with Crippen LogP contribution < -0.4 is 4.90 Å². The fourth-order valence-electron chi connectivity index (χ4n) is 3.66. The van der Waals surface area contributed by atoms with E-state index in [1.807, 2.05) is 13.1 Å². The second-order valence-corrected chi connectivity index (χ2v) is 7.67. The standard InChI is InChI=1S/C16H19F2N3.C6H14/c1-10-4-11-5-13(12-7-19-21(3)9-12)14(16(17)18)6-15(11)20(2)8-10;1-3-5-6-4-2/h5-7,9-10,16H,4,8H2,1-3H3;3-6H2,1-2H3/t10-;/m1./s1. The van der Waals surface area contributed by atoms with Crippen molar-refractivity contribution in [3.63, 3.8) is 0 Å². The monoisotopic (exact) mass is 377 g/mol. The Morgan fingerprint density at radius 3 is 2.33 bits per heavy atom. The Bertz CT molecular complexity index is 720. The molecule has 0 N–H and O–H groups in total. The molecular weight excluding hydrogens is 344 g/mol. The largest absolute Gasteiger partial charge is 0.374 e. The molecule has 0 unspecified atom stereocenters. The number of unbranched alkanes of at least 4 members (excludes halogenated alkanes) is 3. The molecule has 0 spiro atoms. The van der Waals surface area contributed by atoms with Crippen molar-refractivity contribution in [2.45, 2.75) is 59.3 Å². The molecule has 0 fully saturated rings. The first-order chi connectivity index (χ1) is 12.9. The van der Waals surface area contributed by atoms with Crippen molar-refractivity contribution >= 4 is 5.69 Å². The average Bonchev–Trinajstić information content (AvgIpc) is 3.05. The van der Waals surface area contributed by atoms with Gasteiger partial charge in [-0.3, -0.25) is 4.68 Å². The third kappa shape index (κ3) is 5.53. The van der Waals surface area contributed by atoms with Gasteiger partial charge in [0.25, 0.3) is 6.43 Å².